The minimum atomic E-state index is -0.491. The third kappa shape index (κ3) is 4.59. The molecule has 0 aliphatic rings. The molecule has 4 rings (SSSR count). The number of carbonyl (C=O) groups excluding carboxylic acids is 1. The van der Waals surface area contributed by atoms with E-state index in [2.05, 4.69) is 20.6 Å². The van der Waals surface area contributed by atoms with Crippen LogP contribution >= 0.6 is 0 Å². The van der Waals surface area contributed by atoms with Crippen LogP contribution in [0.5, 0.6) is 0 Å². The highest BCUT2D eigenvalue weighted by Gasteiger charge is 2.12. The Bertz CT molecular complexity index is 1290. The van der Waals surface area contributed by atoms with E-state index in [1.165, 1.54) is 6.07 Å². The molecule has 162 valence electrons. The van der Waals surface area contributed by atoms with Crippen molar-refractivity contribution in [2.24, 2.45) is 0 Å². The summed E-state index contributed by atoms with van der Waals surface area (Å²) in [6, 6.07) is 17.2. The molecule has 32 heavy (non-hydrogen) atoms. The fourth-order valence-electron chi connectivity index (χ4n) is 3.20. The summed E-state index contributed by atoms with van der Waals surface area (Å²) in [4.78, 5) is 23.3. The number of hydrogen-bond acceptors (Lipinski definition) is 6. The van der Waals surface area contributed by atoms with Crippen LogP contribution in [0.3, 0.4) is 0 Å². The van der Waals surface area contributed by atoms with E-state index >= 15 is 0 Å². The number of hydrogen-bond donors (Lipinski definition) is 3. The van der Waals surface area contributed by atoms with Crippen molar-refractivity contribution in [3.63, 3.8) is 0 Å². The van der Waals surface area contributed by atoms with Crippen LogP contribution in [0.1, 0.15) is 15.9 Å². The van der Waals surface area contributed by atoms with Crippen LogP contribution in [0.15, 0.2) is 66.9 Å². The fraction of sp³-hybridized carbons (Fsp3) is 0.125. The summed E-state index contributed by atoms with van der Waals surface area (Å²) in [7, 11) is 3.80. The summed E-state index contributed by atoms with van der Waals surface area (Å²) in [5, 5.41) is 5.80. The van der Waals surface area contributed by atoms with Crippen molar-refractivity contribution in [2.75, 3.05) is 35.4 Å². The summed E-state index contributed by atoms with van der Waals surface area (Å²) >= 11 is 0. The SMILES string of the molecule is CN(C)c1ccc(NC(=O)c2ccc(CNc3cnc4ccccc4n3)c(F)c2)c(N)c1. The molecule has 8 heteroatoms. The minimum absolute atomic E-state index is 0.202. The van der Waals surface area contributed by atoms with Crippen LogP contribution in [0, 0.1) is 5.82 Å². The van der Waals surface area contributed by atoms with Gasteiger partial charge in [0, 0.05) is 37.5 Å². The van der Waals surface area contributed by atoms with Gasteiger partial charge in [0.15, 0.2) is 0 Å². The first-order chi connectivity index (χ1) is 15.4. The van der Waals surface area contributed by atoms with E-state index in [-0.39, 0.29) is 12.1 Å². The van der Waals surface area contributed by atoms with E-state index in [0.717, 1.165) is 16.7 Å². The first kappa shape index (κ1) is 21.0. The van der Waals surface area contributed by atoms with Gasteiger partial charge in [-0.15, -0.1) is 0 Å². The van der Waals surface area contributed by atoms with Crippen molar-refractivity contribution in [3.05, 3.63) is 83.8 Å². The number of amides is 1. The number of nitrogens with zero attached hydrogens (tertiary/aromatic N) is 3. The van der Waals surface area contributed by atoms with Crippen LogP contribution in [0.2, 0.25) is 0 Å². The molecule has 0 radical (unpaired) electrons. The molecule has 3 aromatic carbocycles. The zero-order valence-corrected chi connectivity index (χ0v) is 17.8. The Balaban J connectivity index is 1.43. The summed E-state index contributed by atoms with van der Waals surface area (Å²) < 4.78 is 14.6. The maximum Gasteiger partial charge on any atom is 0.255 e. The normalized spacial score (nSPS) is 10.7. The van der Waals surface area contributed by atoms with Crippen molar-refractivity contribution < 1.29 is 9.18 Å². The van der Waals surface area contributed by atoms with Gasteiger partial charge in [-0.25, -0.2) is 9.37 Å². The Hall–Kier alpha value is -4.20. The Kier molecular flexibility index (Phi) is 5.85. The number of carbonyl (C=O) groups is 1. The summed E-state index contributed by atoms with van der Waals surface area (Å²) in [6.45, 7) is 0.208. The standard InChI is InChI=1S/C24H23FN6O/c1-31(2)17-9-10-20(19(26)12-17)30-24(32)15-7-8-16(18(25)11-15)13-28-23-14-27-21-5-3-4-6-22(21)29-23/h3-12,14H,13,26H2,1-2H3,(H,28,29)(H,30,32). The number of nitrogen functional groups attached to an aromatic ring is 1. The Morgan fingerprint density at radius 3 is 2.56 bits per heavy atom. The molecular formula is C24H23FN6O. The monoisotopic (exact) mass is 430 g/mol. The van der Waals surface area contributed by atoms with Crippen molar-refractivity contribution in [2.45, 2.75) is 6.54 Å². The van der Waals surface area contributed by atoms with E-state index < -0.39 is 11.7 Å². The van der Waals surface area contributed by atoms with Crippen LogP contribution < -0.4 is 21.3 Å². The van der Waals surface area contributed by atoms with Gasteiger partial charge in [-0.2, -0.15) is 0 Å². The summed E-state index contributed by atoms with van der Waals surface area (Å²) in [5.74, 6) is -0.385. The number of halogens is 1. The molecule has 1 amide bonds. The molecule has 0 saturated carbocycles. The van der Waals surface area contributed by atoms with E-state index in [4.69, 9.17) is 5.73 Å². The molecule has 1 heterocycles. The van der Waals surface area contributed by atoms with Gasteiger partial charge >= 0.3 is 0 Å². The second-order valence-electron chi connectivity index (χ2n) is 7.52. The number of anilines is 4. The van der Waals surface area contributed by atoms with Crippen molar-refractivity contribution >= 4 is 39.8 Å². The lowest BCUT2D eigenvalue weighted by Crippen LogP contribution is -2.15. The Morgan fingerprint density at radius 2 is 1.84 bits per heavy atom. The quantitative estimate of drug-likeness (QED) is 0.395. The summed E-state index contributed by atoms with van der Waals surface area (Å²) in [5.41, 5.74) is 10.0. The van der Waals surface area contributed by atoms with Gasteiger partial charge in [0.05, 0.1) is 28.6 Å². The van der Waals surface area contributed by atoms with Gasteiger partial charge in [-0.1, -0.05) is 18.2 Å². The molecule has 0 spiro atoms. The van der Waals surface area contributed by atoms with Gasteiger partial charge in [-0.05, 0) is 42.5 Å². The molecule has 0 aliphatic carbocycles. The van der Waals surface area contributed by atoms with Crippen molar-refractivity contribution in [3.8, 4) is 0 Å². The van der Waals surface area contributed by atoms with Gasteiger partial charge in [0.2, 0.25) is 0 Å². The topological polar surface area (TPSA) is 96.2 Å². The Labute approximate surface area is 185 Å². The first-order valence-electron chi connectivity index (χ1n) is 10.0. The highest BCUT2D eigenvalue weighted by atomic mass is 19.1. The maximum absolute atomic E-state index is 14.6. The van der Waals surface area contributed by atoms with Crippen LogP contribution in [-0.4, -0.2) is 30.0 Å². The molecule has 4 N–H and O–H groups in total. The molecule has 0 unspecified atom stereocenters. The number of benzene rings is 3. The predicted octanol–water partition coefficient (Wildman–Crippen LogP) is 4.28. The number of aromatic nitrogens is 2. The van der Waals surface area contributed by atoms with Crippen LogP contribution in [0.25, 0.3) is 11.0 Å². The molecular weight excluding hydrogens is 407 g/mol. The third-order valence-corrected chi connectivity index (χ3v) is 5.02. The second kappa shape index (κ2) is 8.89. The fourth-order valence-corrected chi connectivity index (χ4v) is 3.20. The van der Waals surface area contributed by atoms with Gasteiger partial charge < -0.3 is 21.3 Å². The lowest BCUT2D eigenvalue weighted by atomic mass is 10.1. The van der Waals surface area contributed by atoms with Gasteiger partial charge in [0.1, 0.15) is 11.6 Å². The van der Waals surface area contributed by atoms with Crippen LogP contribution in [0.4, 0.5) is 27.3 Å². The first-order valence-corrected chi connectivity index (χ1v) is 10.0. The van der Waals surface area contributed by atoms with Gasteiger partial charge in [-0.3, -0.25) is 9.78 Å². The molecule has 0 fully saturated rings. The highest BCUT2D eigenvalue weighted by Crippen LogP contribution is 2.25. The van der Waals surface area contributed by atoms with E-state index in [9.17, 15) is 9.18 Å². The summed E-state index contributed by atoms with van der Waals surface area (Å²) in [6.07, 6.45) is 1.61. The van der Waals surface area contributed by atoms with Gasteiger partial charge in [0.25, 0.3) is 5.91 Å². The number of fused-ring (bicyclic) bond motifs is 1. The zero-order chi connectivity index (χ0) is 22.7. The third-order valence-electron chi connectivity index (χ3n) is 5.02. The lowest BCUT2D eigenvalue weighted by Gasteiger charge is -2.15. The number of nitrogens with two attached hydrogens (primary N) is 1. The van der Waals surface area contributed by atoms with Crippen LogP contribution in [-0.2, 0) is 6.54 Å². The maximum atomic E-state index is 14.6. The van der Waals surface area contributed by atoms with Crippen molar-refractivity contribution in [1.29, 1.82) is 0 Å². The molecule has 0 aliphatic heterocycles. The smallest absolute Gasteiger partial charge is 0.255 e. The molecule has 0 bridgehead atoms. The van der Waals surface area contributed by atoms with Crippen molar-refractivity contribution in [1.82, 2.24) is 9.97 Å². The number of rotatable bonds is 6. The molecule has 0 atom stereocenters. The molecule has 1 aromatic heterocycles. The molecule has 7 nitrogen and oxygen atoms in total. The molecule has 4 aromatic rings. The number of para-hydroxylation sites is 2. The van der Waals surface area contributed by atoms with E-state index in [0.29, 0.717) is 22.8 Å². The minimum Gasteiger partial charge on any atom is -0.397 e. The average Bonchev–Trinajstić information content (AvgIpc) is 2.79. The zero-order valence-electron chi connectivity index (χ0n) is 17.8. The lowest BCUT2D eigenvalue weighted by molar-refractivity contribution is 0.102. The predicted molar refractivity (Wildman–Crippen MR) is 126 cm³/mol. The second-order valence-corrected chi connectivity index (χ2v) is 7.52. The van der Waals surface area contributed by atoms with E-state index in [1.807, 2.05) is 49.3 Å². The highest BCUT2D eigenvalue weighted by molar-refractivity contribution is 6.06. The van der Waals surface area contributed by atoms with E-state index in [1.54, 1.807) is 30.5 Å². The largest absolute Gasteiger partial charge is 0.397 e. The molecule has 0 saturated heterocycles. The number of nitrogens with one attached hydrogen (secondary N) is 2. The average molecular weight is 430 g/mol. The Morgan fingerprint density at radius 1 is 1.06 bits per heavy atom.